The van der Waals surface area contributed by atoms with Gasteiger partial charge in [-0.3, -0.25) is 14.4 Å². The molecule has 0 aliphatic rings. The maximum Gasteiger partial charge on any atom is 0.303 e. The highest BCUT2D eigenvalue weighted by atomic mass is 32.2. The number of aliphatic hydroxyl groups excluding tert-OH is 1. The Kier molecular flexibility index (Phi) is 14.7. The molecule has 4 atom stereocenters. The van der Waals surface area contributed by atoms with Gasteiger partial charge in [-0.05, 0) is 69.4 Å². The van der Waals surface area contributed by atoms with Crippen LogP contribution in [-0.2, 0) is 19.2 Å². The number of likely N-dealkylation sites (N-methyl/N-ethyl adjacent to an activating group) is 1. The van der Waals surface area contributed by atoms with E-state index < -0.39 is 35.9 Å². The molecule has 0 aromatic carbocycles. The number of allylic oxidation sites excluding steroid dienone is 2. The minimum absolute atomic E-state index is 0.0192. The van der Waals surface area contributed by atoms with Gasteiger partial charge in [-0.1, -0.05) is 18.2 Å². The van der Waals surface area contributed by atoms with E-state index in [4.69, 9.17) is 10.8 Å². The van der Waals surface area contributed by atoms with Crippen molar-refractivity contribution in [1.29, 1.82) is 0 Å². The van der Waals surface area contributed by atoms with Crippen LogP contribution in [0.2, 0.25) is 0 Å². The van der Waals surface area contributed by atoms with Gasteiger partial charge in [0, 0.05) is 6.42 Å². The Morgan fingerprint density at radius 1 is 1.22 bits per heavy atom. The lowest BCUT2D eigenvalue weighted by atomic mass is 9.98. The lowest BCUT2D eigenvalue weighted by Gasteiger charge is -2.16. The van der Waals surface area contributed by atoms with Crippen LogP contribution >= 0.6 is 11.8 Å². The Bertz CT molecular complexity index is 745. The molecule has 0 aromatic heterocycles. The second-order valence-electron chi connectivity index (χ2n) is 7.81. The van der Waals surface area contributed by atoms with E-state index in [2.05, 4.69) is 11.9 Å². The van der Waals surface area contributed by atoms with Gasteiger partial charge in [-0.25, -0.2) is 0 Å². The Balaban J connectivity index is 4.87. The lowest BCUT2D eigenvalue weighted by molar-refractivity contribution is -0.137. The van der Waals surface area contributed by atoms with E-state index in [9.17, 15) is 24.3 Å². The highest BCUT2D eigenvalue weighted by molar-refractivity contribution is 8.03. The van der Waals surface area contributed by atoms with Gasteiger partial charge in [0.15, 0.2) is 11.6 Å². The third kappa shape index (κ3) is 12.1. The number of ketones is 2. The number of nitrogens with one attached hydrogen (secondary N) is 1. The van der Waals surface area contributed by atoms with Crippen LogP contribution in [-0.4, -0.2) is 65.0 Å². The number of hydrogen-bond acceptors (Lipinski definition) is 8. The number of nitrogens with two attached hydrogens (primary N) is 1. The molecule has 0 spiro atoms. The van der Waals surface area contributed by atoms with Crippen LogP contribution in [0.25, 0.3) is 0 Å². The average Bonchev–Trinajstić information content (AvgIpc) is 2.71. The number of carboxylic acids is 1. The topological polar surface area (TPSA) is 147 Å². The molecule has 0 amide bonds. The van der Waals surface area contributed by atoms with E-state index in [1.54, 1.807) is 20.9 Å². The summed E-state index contributed by atoms with van der Waals surface area (Å²) in [6.45, 7) is 8.91. The Labute approximate surface area is 194 Å². The summed E-state index contributed by atoms with van der Waals surface area (Å²) in [4.78, 5) is 47.4. The molecule has 0 rings (SSSR count). The van der Waals surface area contributed by atoms with E-state index in [1.165, 1.54) is 30.8 Å². The second-order valence-corrected chi connectivity index (χ2v) is 9.03. The van der Waals surface area contributed by atoms with E-state index in [0.717, 1.165) is 5.57 Å². The summed E-state index contributed by atoms with van der Waals surface area (Å²) in [6.07, 6.45) is 3.92. The summed E-state index contributed by atoms with van der Waals surface area (Å²) < 4.78 is 0. The maximum atomic E-state index is 12.4. The number of rotatable bonds is 17. The van der Waals surface area contributed by atoms with Crippen LogP contribution < -0.4 is 11.1 Å². The molecule has 0 fully saturated rings. The largest absolute Gasteiger partial charge is 0.481 e. The van der Waals surface area contributed by atoms with Crippen molar-refractivity contribution < 1.29 is 29.4 Å². The molecule has 0 heterocycles. The minimum atomic E-state index is -1.03. The molecule has 0 aliphatic heterocycles. The number of carbonyl (C=O) groups excluding carboxylic acids is 3. The highest BCUT2D eigenvalue weighted by Gasteiger charge is 2.20. The normalized spacial score (nSPS) is 16.1. The summed E-state index contributed by atoms with van der Waals surface area (Å²) in [5.41, 5.74) is 6.83. The fourth-order valence-corrected chi connectivity index (χ4v) is 3.90. The van der Waals surface area contributed by atoms with Gasteiger partial charge in [0.05, 0.1) is 24.1 Å². The van der Waals surface area contributed by atoms with Crippen LogP contribution in [0.3, 0.4) is 0 Å². The molecule has 0 bridgehead atoms. The molecule has 8 nitrogen and oxygen atoms in total. The van der Waals surface area contributed by atoms with Crippen molar-refractivity contribution in [3.63, 3.8) is 0 Å². The third-order valence-corrected chi connectivity index (χ3v) is 5.82. The van der Waals surface area contributed by atoms with Crippen molar-refractivity contribution in [2.75, 3.05) is 12.8 Å². The summed E-state index contributed by atoms with van der Waals surface area (Å²) in [5.74, 6) is -1.69. The van der Waals surface area contributed by atoms with E-state index in [-0.39, 0.29) is 24.2 Å². The quantitative estimate of drug-likeness (QED) is 0.186. The fraction of sp³-hybridized carbons (Fsp3) is 0.565. The molecule has 9 heteroatoms. The van der Waals surface area contributed by atoms with Gasteiger partial charge in [0.1, 0.15) is 6.29 Å². The van der Waals surface area contributed by atoms with Crippen LogP contribution in [0.5, 0.6) is 0 Å². The van der Waals surface area contributed by atoms with Crippen molar-refractivity contribution in [2.24, 2.45) is 11.7 Å². The van der Waals surface area contributed by atoms with Gasteiger partial charge >= 0.3 is 5.97 Å². The van der Waals surface area contributed by atoms with Gasteiger partial charge in [-0.2, -0.15) is 0 Å². The highest BCUT2D eigenvalue weighted by Crippen LogP contribution is 2.25. The predicted octanol–water partition coefficient (Wildman–Crippen LogP) is 2.02. The van der Waals surface area contributed by atoms with Crippen LogP contribution in [0.1, 0.15) is 46.5 Å². The van der Waals surface area contributed by atoms with Gasteiger partial charge in [-0.15, -0.1) is 11.8 Å². The SMILES string of the molecule is C=C(SCC[C@H](NC)C(=O)/C=C(/C)C[C@@H](C)O)[C@@H](C=O)/C=C(/C)C(=O)[C@@H](N)CCC(=O)O. The van der Waals surface area contributed by atoms with Crippen molar-refractivity contribution in [2.45, 2.75) is 64.6 Å². The molecule has 180 valence electrons. The first kappa shape index (κ1) is 29.9. The zero-order valence-electron chi connectivity index (χ0n) is 19.3. The predicted molar refractivity (Wildman–Crippen MR) is 127 cm³/mol. The van der Waals surface area contributed by atoms with Gasteiger partial charge < -0.3 is 26.1 Å². The van der Waals surface area contributed by atoms with Crippen molar-refractivity contribution in [3.8, 4) is 0 Å². The first-order chi connectivity index (χ1) is 14.9. The summed E-state index contributed by atoms with van der Waals surface area (Å²) >= 11 is 1.33. The lowest BCUT2D eigenvalue weighted by Crippen LogP contribution is -2.33. The molecule has 0 saturated heterocycles. The van der Waals surface area contributed by atoms with E-state index >= 15 is 0 Å². The number of aliphatic carboxylic acids is 1. The van der Waals surface area contributed by atoms with Gasteiger partial charge in [0.25, 0.3) is 0 Å². The molecule has 0 aliphatic carbocycles. The van der Waals surface area contributed by atoms with Crippen LogP contribution in [0, 0.1) is 5.92 Å². The average molecular weight is 469 g/mol. The number of aliphatic hydroxyl groups is 1. The van der Waals surface area contributed by atoms with Gasteiger partial charge in [0.2, 0.25) is 0 Å². The molecule has 0 radical (unpaired) electrons. The molecule has 5 N–H and O–H groups in total. The third-order valence-electron chi connectivity index (χ3n) is 4.73. The summed E-state index contributed by atoms with van der Waals surface area (Å²) in [6, 6.07) is -1.34. The molecule has 0 unspecified atom stereocenters. The number of carbonyl (C=O) groups is 4. The number of Topliss-reactive ketones (excluding diaryl/α,β-unsaturated/α-hetero) is 1. The van der Waals surface area contributed by atoms with E-state index in [1.807, 2.05) is 0 Å². The summed E-state index contributed by atoms with van der Waals surface area (Å²) in [7, 11) is 1.69. The molecular formula is C23H36N2O6S. The number of thioether (sulfide) groups is 1. The monoisotopic (exact) mass is 468 g/mol. The van der Waals surface area contributed by atoms with Crippen molar-refractivity contribution in [3.05, 3.63) is 34.8 Å². The number of hydrogen-bond donors (Lipinski definition) is 4. The first-order valence-corrected chi connectivity index (χ1v) is 11.4. The standard InChI is InChI=1S/C23H36N2O6S/c1-14(10-16(3)27)11-21(28)20(25-5)8-9-32-17(4)18(13-26)12-15(2)23(31)19(24)6-7-22(29)30/h11-13,16,18-20,25,27H,4,6-10,24H2,1-3,5H3,(H,29,30)/b14-11-,15-12-/t16-,18-,19+,20+/m1/s1. The Morgan fingerprint density at radius 2 is 1.84 bits per heavy atom. The molecular weight excluding hydrogens is 432 g/mol. The molecule has 32 heavy (non-hydrogen) atoms. The van der Waals surface area contributed by atoms with Crippen LogP contribution in [0.4, 0.5) is 0 Å². The summed E-state index contributed by atoms with van der Waals surface area (Å²) in [5, 5.41) is 21.1. The second kappa shape index (κ2) is 15.7. The van der Waals surface area contributed by atoms with Crippen molar-refractivity contribution in [1.82, 2.24) is 5.32 Å². The first-order valence-electron chi connectivity index (χ1n) is 10.5. The minimum Gasteiger partial charge on any atom is -0.481 e. The van der Waals surface area contributed by atoms with Crippen molar-refractivity contribution >= 4 is 35.6 Å². The zero-order chi connectivity index (χ0) is 24.8. The smallest absolute Gasteiger partial charge is 0.303 e. The Morgan fingerprint density at radius 3 is 2.34 bits per heavy atom. The number of carboxylic acid groups (broad SMARTS) is 1. The fourth-order valence-electron chi connectivity index (χ4n) is 2.96. The number of aldehydes is 1. The van der Waals surface area contributed by atoms with Crippen LogP contribution in [0.15, 0.2) is 34.8 Å². The maximum absolute atomic E-state index is 12.4. The Hall–Kier alpha value is -2.07. The zero-order valence-corrected chi connectivity index (χ0v) is 20.1. The van der Waals surface area contributed by atoms with E-state index in [0.29, 0.717) is 29.8 Å². The molecule has 0 aromatic rings. The molecule has 0 saturated carbocycles.